The topological polar surface area (TPSA) is 130 Å². The third kappa shape index (κ3) is 23.3. The Balaban J connectivity index is 0.000000359. The van der Waals surface area contributed by atoms with E-state index in [0.717, 1.165) is 68.6 Å². The monoisotopic (exact) mass is 1920 g/mol. The number of rotatable bonds is 7. The number of carbonyl (C=O) groups excluding carboxylic acids is 2. The molecule has 3 aromatic carbocycles. The second-order valence-corrected chi connectivity index (χ2v) is 38.0. The first kappa shape index (κ1) is 75.1. The molecule has 0 radical (unpaired) electrons. The van der Waals surface area contributed by atoms with Crippen molar-refractivity contribution < 1.29 is 91.5 Å². The Morgan fingerprint density at radius 1 is 0.570 bits per heavy atom. The fourth-order valence-corrected chi connectivity index (χ4v) is 9.74. The number of nitrogens with one attached hydrogen (secondary N) is 1. The molecule has 79 heavy (non-hydrogen) atoms. The van der Waals surface area contributed by atoms with Gasteiger partial charge in [-0.3, -0.25) is 0 Å². The molecule has 0 bridgehead atoms. The number of nitrogens with zero attached hydrogens (tertiary/aromatic N) is 2. The van der Waals surface area contributed by atoms with Crippen molar-refractivity contribution in [2.24, 2.45) is 53.3 Å². The van der Waals surface area contributed by atoms with E-state index in [-0.39, 0.29) is 78.1 Å². The van der Waals surface area contributed by atoms with Gasteiger partial charge in [-0.1, -0.05) is 0 Å². The van der Waals surface area contributed by atoms with Crippen LogP contribution in [0.5, 0.6) is 17.2 Å². The van der Waals surface area contributed by atoms with Crippen LogP contribution in [0, 0.1) is 74.0 Å². The molecule has 27 heteroatoms. The average Bonchev–Trinajstić information content (AvgIpc) is 4.10. The number of hydrogen-bond acceptors (Lipinski definition) is 9. The minimum absolute atomic E-state index is 0. The molecule has 0 spiro atoms. The van der Waals surface area contributed by atoms with E-state index in [2.05, 4.69) is 79.8 Å². The van der Waals surface area contributed by atoms with E-state index >= 15 is 0 Å². The number of hydrogen-bond donors (Lipinski definition) is 3. The van der Waals surface area contributed by atoms with E-state index in [1.807, 2.05) is 41.5 Å². The third-order valence-electron chi connectivity index (χ3n) is 13.9. The van der Waals surface area contributed by atoms with Gasteiger partial charge in [0, 0.05) is 81.9 Å². The number of ether oxygens (including phenoxy) is 4. The Kier molecular flexibility index (Phi) is 30.5. The van der Waals surface area contributed by atoms with Crippen molar-refractivity contribution in [2.75, 3.05) is 59.1 Å². The molecule has 3 aliphatic heterocycles. The van der Waals surface area contributed by atoms with Crippen LogP contribution in [-0.2, 0) is 28.0 Å². The molecule has 452 valence electrons. The van der Waals surface area contributed by atoms with Crippen molar-refractivity contribution in [2.45, 2.75) is 92.0 Å². The van der Waals surface area contributed by atoms with Crippen molar-refractivity contribution in [1.29, 1.82) is 0 Å². The van der Waals surface area contributed by atoms with Crippen LogP contribution < -0.4 is 28.0 Å². The van der Waals surface area contributed by atoms with Gasteiger partial charge >= 0.3 is 81.2 Å². The van der Waals surface area contributed by atoms with Crippen molar-refractivity contribution >= 4 is 135 Å². The zero-order valence-electron chi connectivity index (χ0n) is 44.6. The molecule has 3 saturated heterocycles. The summed E-state index contributed by atoms with van der Waals surface area (Å²) >= 11 is 9.54. The number of phenols is 1. The minimum atomic E-state index is -4.35. The van der Waals surface area contributed by atoms with Gasteiger partial charge < -0.3 is 44.3 Å². The molecule has 0 aromatic heterocycles. The van der Waals surface area contributed by atoms with E-state index in [4.69, 9.17) is 29.2 Å². The summed E-state index contributed by atoms with van der Waals surface area (Å²) in [5.41, 5.74) is -1.71. The van der Waals surface area contributed by atoms with Crippen molar-refractivity contribution in [3.63, 3.8) is 0 Å². The first-order valence-electron chi connectivity index (χ1n) is 24.4. The molecule has 2 amide bonds. The first-order valence-corrected chi connectivity index (χ1v) is 43.3. The first-order chi connectivity index (χ1) is 35.7. The van der Waals surface area contributed by atoms with Crippen LogP contribution in [-0.4, -0.2) is 102 Å². The number of likely N-dealkylation sites (tertiary alicyclic amines) is 2. The number of aryl methyl sites for hydroxylation is 3. The van der Waals surface area contributed by atoms with E-state index in [9.17, 15) is 49.1 Å². The molecule has 9 atom stereocenters. The second-order valence-electron chi connectivity index (χ2n) is 21.7. The Hall–Kier alpha value is -0.000000000000000888. The van der Waals surface area contributed by atoms with Gasteiger partial charge in [0.15, 0.2) is 0 Å². The van der Waals surface area contributed by atoms with Gasteiger partial charge in [-0.05, 0) is 188 Å². The van der Waals surface area contributed by atoms with Gasteiger partial charge in [-0.2, -0.15) is 39.5 Å². The van der Waals surface area contributed by atoms with Crippen molar-refractivity contribution in [1.82, 2.24) is 15.1 Å². The average molecular weight is 1920 g/mol. The fraction of sp³-hybridized carbons (Fsp3) is 0.615. The number of piperidine rings is 3. The van der Waals surface area contributed by atoms with E-state index in [1.165, 1.54) is 19.1 Å². The van der Waals surface area contributed by atoms with Crippen molar-refractivity contribution in [3.05, 3.63) is 88.0 Å². The van der Waals surface area contributed by atoms with E-state index in [1.54, 1.807) is 23.6 Å². The summed E-state index contributed by atoms with van der Waals surface area (Å²) in [5.74, 6) is 5.48. The maximum absolute atomic E-state index is 12.7. The number of aliphatic hydroxyl groups is 1. The van der Waals surface area contributed by atoms with Gasteiger partial charge in [-0.25, -0.2) is 9.59 Å². The Morgan fingerprint density at radius 3 is 1.16 bits per heavy atom. The molecule has 3 heterocycles. The molecule has 6 fully saturated rings. The van der Waals surface area contributed by atoms with Crippen LogP contribution in [0.1, 0.15) is 74.9 Å². The Labute approximate surface area is 544 Å². The summed E-state index contributed by atoms with van der Waals surface area (Å²) in [6, 6.07) is 9.98. The number of aliphatic hydroxyl groups excluding tert-OH is 1. The van der Waals surface area contributed by atoms with Crippen LogP contribution in [0.15, 0.2) is 54.6 Å². The number of phenolic OH excluding ortho intramolecular Hbond substituents is 1. The van der Waals surface area contributed by atoms with Crippen LogP contribution in [0.4, 0.5) is 49.1 Å². The second kappa shape index (κ2) is 32.1. The van der Waals surface area contributed by atoms with Crippen LogP contribution in [0.3, 0.4) is 0 Å². The standard InChI is InChI=1S/C19H24F3NO3.C14H16F3NO.C11H19NO3.C8H7F3O.I3.I2.2HI/c1-11-7-12(19(20,21)22)5-6-16(11)25-10-15-13-8-23(9-14(13)15)17(24)26-18(2,3)4;1-8-4-9(14(15,16)17)2-3-13(8)19-7-12-10-5-18-6-11(10)12;1-11(2,3)15-10(14)12-4-7-8(5-12)9(7)6-13;1-5-4-6(8(9,10)11)2-3-7(5)12;1-3-2;1-2;;/h5-7,13-15H,8-10H2,1-4H3;2-4,10-12,18H,5-7H2,1H3;7-9,13H,4-6H2,1-3H3;2-4,12H,1H3;;;2*1H/q;;;;-1;;;/t13-,14+,15?;10-,11+,12?;7-,8+,9?;;;;;. The van der Waals surface area contributed by atoms with E-state index in [0.29, 0.717) is 115 Å². The Bertz CT molecular complexity index is 2400. The van der Waals surface area contributed by atoms with Crippen molar-refractivity contribution in [3.8, 4) is 17.2 Å². The molecular weight excluding hydrogens is 1850 g/mol. The van der Waals surface area contributed by atoms with Gasteiger partial charge in [0.1, 0.15) is 28.5 Å². The third-order valence-corrected chi connectivity index (χ3v) is 13.9. The number of aromatic hydroxyl groups is 1. The molecule has 11 nitrogen and oxygen atoms in total. The number of fused-ring (bicyclic) bond motifs is 3. The molecular formula is C52H68F9I7N3O8-. The normalized spacial score (nSPS) is 23.8. The SMILES string of the molecule is CC(C)(C)OC(=O)N1C[C@@H]2C(CO)[C@@H]2C1.Cc1cc(C(F)(F)F)ccc1O.Cc1cc(C(F)(F)F)ccc1OCC1[C@H]2CN(C(=O)OC(C)(C)C)C[C@@H]12.Cc1cc(C(F)(F)F)ccc1OCC1[C@H]2CNC[C@@H]12.I.I.II.I[I-]I. The quantitative estimate of drug-likeness (QED) is 0.156. The zero-order valence-corrected chi connectivity index (χ0v) is 60.1. The predicted octanol–water partition coefficient (Wildman–Crippen LogP) is 13.0. The number of alkyl halides is 9. The van der Waals surface area contributed by atoms with Gasteiger partial charge in [0.2, 0.25) is 0 Å². The van der Waals surface area contributed by atoms with Gasteiger partial charge in [-0.15, -0.1) is 48.0 Å². The predicted molar refractivity (Wildman–Crippen MR) is 335 cm³/mol. The summed E-state index contributed by atoms with van der Waals surface area (Å²) in [6.45, 7) is 22.1. The summed E-state index contributed by atoms with van der Waals surface area (Å²) in [4.78, 5) is 27.2. The van der Waals surface area contributed by atoms with Crippen LogP contribution in [0.2, 0.25) is 0 Å². The summed E-state index contributed by atoms with van der Waals surface area (Å²) in [5, 5.41) is 21.2. The summed E-state index contributed by atoms with van der Waals surface area (Å²) in [6.07, 6.45) is -13.5. The van der Waals surface area contributed by atoms with Crippen LogP contribution >= 0.6 is 122 Å². The van der Waals surface area contributed by atoms with Gasteiger partial charge in [0.05, 0.1) is 29.9 Å². The molecule has 6 aliphatic rings. The number of benzene rings is 3. The van der Waals surface area contributed by atoms with Gasteiger partial charge in [0.25, 0.3) is 0 Å². The Morgan fingerprint density at radius 2 is 0.873 bits per heavy atom. The van der Waals surface area contributed by atoms with Crippen LogP contribution in [0.25, 0.3) is 0 Å². The number of amides is 2. The fourth-order valence-electron chi connectivity index (χ4n) is 9.74. The molecule has 3 unspecified atom stereocenters. The number of halogens is 16. The van der Waals surface area contributed by atoms with E-state index < -0.39 is 46.4 Å². The molecule has 3 aromatic rings. The summed E-state index contributed by atoms with van der Waals surface area (Å²) < 4.78 is 134. The maximum atomic E-state index is 12.7. The molecule has 3 saturated carbocycles. The number of carbonyl (C=O) groups is 2. The molecule has 3 N–H and O–H groups in total. The summed E-state index contributed by atoms with van der Waals surface area (Å²) in [7, 11) is 0. The zero-order chi connectivity index (χ0) is 58.2. The molecule has 9 rings (SSSR count). The molecule has 3 aliphatic carbocycles.